The molecular weight excluding hydrogens is 384 g/mol. The molecule has 0 saturated carbocycles. The molecule has 2 unspecified atom stereocenters. The summed E-state index contributed by atoms with van der Waals surface area (Å²) in [6, 6.07) is 20.0. The fraction of sp³-hybridized carbons (Fsp3) is 0.556. The van der Waals surface area contributed by atoms with E-state index in [4.69, 9.17) is 4.74 Å². The second kappa shape index (κ2) is 13.5. The molecule has 2 atom stereocenters. The first kappa shape index (κ1) is 25.4. The Hall–Kier alpha value is -1.88. The molecule has 1 aliphatic rings. The summed E-state index contributed by atoms with van der Waals surface area (Å²) in [6.07, 6.45) is 5.96. The maximum absolute atomic E-state index is 11.6. The average molecular weight is 427 g/mol. The third-order valence-electron chi connectivity index (χ3n) is 6.11. The van der Waals surface area contributed by atoms with Gasteiger partial charge in [0.1, 0.15) is 5.75 Å². The maximum Gasteiger partial charge on any atom is 0.119 e. The van der Waals surface area contributed by atoms with E-state index in [0.717, 1.165) is 43.9 Å². The van der Waals surface area contributed by atoms with Gasteiger partial charge in [0.2, 0.25) is 0 Å². The predicted octanol–water partition coefficient (Wildman–Crippen LogP) is 5.03. The molecule has 0 bridgehead atoms. The number of ether oxygens (including phenoxy) is 1. The van der Waals surface area contributed by atoms with Crippen molar-refractivity contribution in [3.8, 4) is 5.75 Å². The summed E-state index contributed by atoms with van der Waals surface area (Å²) >= 11 is 0. The first-order valence-corrected chi connectivity index (χ1v) is 11.7. The van der Waals surface area contributed by atoms with Gasteiger partial charge in [0.15, 0.2) is 0 Å². The van der Waals surface area contributed by atoms with Crippen molar-refractivity contribution in [1.82, 2.24) is 9.80 Å². The normalized spacial score (nSPS) is 21.4. The Kier molecular flexibility index (Phi) is 11.1. The highest BCUT2D eigenvalue weighted by Crippen LogP contribution is 2.39. The average Bonchev–Trinajstić information content (AvgIpc) is 2.80. The van der Waals surface area contributed by atoms with Crippen LogP contribution in [0.5, 0.6) is 5.75 Å². The summed E-state index contributed by atoms with van der Waals surface area (Å²) in [5.41, 5.74) is 0.211. The molecule has 0 aliphatic carbocycles. The molecule has 0 amide bonds. The predicted molar refractivity (Wildman–Crippen MR) is 131 cm³/mol. The van der Waals surface area contributed by atoms with Crippen molar-refractivity contribution in [1.29, 1.82) is 0 Å². The van der Waals surface area contributed by atoms with Crippen LogP contribution in [-0.2, 0) is 5.60 Å². The Bertz CT molecular complexity index is 695. The number of benzene rings is 2. The van der Waals surface area contributed by atoms with Crippen molar-refractivity contribution in [2.45, 2.75) is 44.6 Å². The molecule has 31 heavy (non-hydrogen) atoms. The smallest absolute Gasteiger partial charge is 0.119 e. The van der Waals surface area contributed by atoms with Crippen LogP contribution in [-0.4, -0.2) is 62.3 Å². The summed E-state index contributed by atoms with van der Waals surface area (Å²) in [4.78, 5) is 4.73. The van der Waals surface area contributed by atoms with Gasteiger partial charge in [-0.3, -0.25) is 0 Å². The minimum atomic E-state index is -0.779. The number of likely N-dealkylation sites (tertiary alicyclic amines) is 1. The number of hydrogen-bond acceptors (Lipinski definition) is 4. The van der Waals surface area contributed by atoms with E-state index in [0.29, 0.717) is 0 Å². The minimum absolute atomic E-state index is 0.203. The van der Waals surface area contributed by atoms with E-state index < -0.39 is 5.60 Å². The van der Waals surface area contributed by atoms with Crippen LogP contribution >= 0.6 is 0 Å². The fourth-order valence-corrected chi connectivity index (χ4v) is 4.36. The molecule has 1 heterocycles. The largest absolute Gasteiger partial charge is 0.497 e. The van der Waals surface area contributed by atoms with E-state index in [2.05, 4.69) is 30.8 Å². The molecule has 1 aliphatic heterocycles. The molecule has 4 heteroatoms. The van der Waals surface area contributed by atoms with E-state index in [1.807, 2.05) is 60.7 Å². The highest BCUT2D eigenvalue weighted by molar-refractivity contribution is 5.33. The lowest BCUT2D eigenvalue weighted by Gasteiger charge is -2.46. The van der Waals surface area contributed by atoms with Gasteiger partial charge < -0.3 is 19.6 Å². The standard InChI is InChI=1S/C21H36N2O2.C6H6/c1-5-6-7-8-13-23-14-12-21(24,19(17-23)16-22(2)3)18-10-9-11-20(15-18)25-4;1-2-4-6-5-3-1/h9-11,15,19,24H,5-8,12-14,16-17H2,1-4H3;1-6H. The highest BCUT2D eigenvalue weighted by atomic mass is 16.5. The molecule has 1 N–H and O–H groups in total. The quantitative estimate of drug-likeness (QED) is 0.570. The van der Waals surface area contributed by atoms with Gasteiger partial charge in [-0.25, -0.2) is 0 Å². The summed E-state index contributed by atoms with van der Waals surface area (Å²) in [7, 11) is 5.86. The minimum Gasteiger partial charge on any atom is -0.497 e. The Labute approximate surface area is 189 Å². The van der Waals surface area contributed by atoms with E-state index in [9.17, 15) is 5.11 Å². The van der Waals surface area contributed by atoms with E-state index in [1.54, 1.807) is 7.11 Å². The third-order valence-corrected chi connectivity index (χ3v) is 6.11. The van der Waals surface area contributed by atoms with E-state index in [-0.39, 0.29) is 5.92 Å². The van der Waals surface area contributed by atoms with Gasteiger partial charge in [0, 0.05) is 25.6 Å². The van der Waals surface area contributed by atoms with Gasteiger partial charge in [0.05, 0.1) is 12.7 Å². The number of nitrogens with zero attached hydrogens (tertiary/aromatic N) is 2. The van der Waals surface area contributed by atoms with Crippen LogP contribution in [0.3, 0.4) is 0 Å². The molecule has 3 rings (SSSR count). The Morgan fingerprint density at radius 2 is 1.71 bits per heavy atom. The van der Waals surface area contributed by atoms with Gasteiger partial charge >= 0.3 is 0 Å². The zero-order valence-electron chi connectivity index (χ0n) is 20.0. The van der Waals surface area contributed by atoms with Crippen molar-refractivity contribution >= 4 is 0 Å². The first-order chi connectivity index (χ1) is 15.0. The summed E-state index contributed by atoms with van der Waals surface area (Å²) in [5.74, 6) is 1.02. The molecular formula is C27H42N2O2. The lowest BCUT2D eigenvalue weighted by molar-refractivity contribution is -0.0847. The first-order valence-electron chi connectivity index (χ1n) is 11.7. The van der Waals surface area contributed by atoms with Crippen LogP contribution in [0.25, 0.3) is 0 Å². The number of piperidine rings is 1. The van der Waals surface area contributed by atoms with Crippen LogP contribution in [0.15, 0.2) is 60.7 Å². The van der Waals surface area contributed by atoms with Gasteiger partial charge in [-0.2, -0.15) is 0 Å². The zero-order valence-corrected chi connectivity index (χ0v) is 20.0. The topological polar surface area (TPSA) is 35.9 Å². The number of rotatable bonds is 9. The molecule has 4 nitrogen and oxygen atoms in total. The highest BCUT2D eigenvalue weighted by Gasteiger charge is 2.42. The number of hydrogen-bond donors (Lipinski definition) is 1. The Balaban J connectivity index is 0.000000488. The Morgan fingerprint density at radius 1 is 1.03 bits per heavy atom. The van der Waals surface area contributed by atoms with E-state index >= 15 is 0 Å². The van der Waals surface area contributed by atoms with Crippen LogP contribution in [0.4, 0.5) is 0 Å². The SMILES string of the molecule is CCCCCCN1CCC(O)(c2cccc(OC)c2)C(CN(C)C)C1.c1ccccc1. The number of aliphatic hydroxyl groups is 1. The van der Waals surface area contributed by atoms with Crippen molar-refractivity contribution in [3.05, 3.63) is 66.2 Å². The summed E-state index contributed by atoms with van der Waals surface area (Å²) in [6.45, 7) is 6.21. The van der Waals surface area contributed by atoms with E-state index in [1.165, 1.54) is 25.7 Å². The number of unbranched alkanes of at least 4 members (excludes halogenated alkanes) is 3. The molecule has 172 valence electrons. The van der Waals surface area contributed by atoms with Gasteiger partial charge in [-0.05, 0) is 51.2 Å². The second-order valence-corrected chi connectivity index (χ2v) is 8.88. The monoisotopic (exact) mass is 426 g/mol. The molecule has 1 fully saturated rings. The maximum atomic E-state index is 11.6. The lowest BCUT2D eigenvalue weighted by Crippen LogP contribution is -2.53. The zero-order chi connectivity index (χ0) is 22.5. The fourth-order valence-electron chi connectivity index (χ4n) is 4.36. The molecule has 0 aromatic heterocycles. The van der Waals surface area contributed by atoms with Gasteiger partial charge in [-0.1, -0.05) is 74.7 Å². The molecule has 2 aromatic carbocycles. The molecule has 0 radical (unpaired) electrons. The van der Waals surface area contributed by atoms with Crippen LogP contribution < -0.4 is 4.74 Å². The molecule has 0 spiro atoms. The van der Waals surface area contributed by atoms with Crippen molar-refractivity contribution in [2.75, 3.05) is 47.4 Å². The van der Waals surface area contributed by atoms with Crippen molar-refractivity contribution < 1.29 is 9.84 Å². The van der Waals surface area contributed by atoms with Gasteiger partial charge in [-0.15, -0.1) is 0 Å². The van der Waals surface area contributed by atoms with Crippen LogP contribution in [0.2, 0.25) is 0 Å². The van der Waals surface area contributed by atoms with Gasteiger partial charge in [0.25, 0.3) is 0 Å². The lowest BCUT2D eigenvalue weighted by atomic mass is 9.75. The second-order valence-electron chi connectivity index (χ2n) is 8.88. The summed E-state index contributed by atoms with van der Waals surface area (Å²) < 4.78 is 5.37. The summed E-state index contributed by atoms with van der Waals surface area (Å²) in [5, 5.41) is 11.6. The van der Waals surface area contributed by atoms with Crippen LogP contribution in [0.1, 0.15) is 44.6 Å². The van der Waals surface area contributed by atoms with Crippen molar-refractivity contribution in [3.63, 3.8) is 0 Å². The number of methoxy groups -OCH3 is 1. The van der Waals surface area contributed by atoms with Crippen LogP contribution in [0, 0.1) is 5.92 Å². The van der Waals surface area contributed by atoms with Crippen molar-refractivity contribution in [2.24, 2.45) is 5.92 Å². The molecule has 2 aromatic rings. The molecule has 1 saturated heterocycles. The Morgan fingerprint density at radius 3 is 2.29 bits per heavy atom. The third kappa shape index (κ3) is 8.29.